The van der Waals surface area contributed by atoms with Crippen molar-refractivity contribution < 1.29 is 9.63 Å². The van der Waals surface area contributed by atoms with E-state index in [0.29, 0.717) is 0 Å². The first-order valence-corrected chi connectivity index (χ1v) is 3.50. The minimum Gasteiger partial charge on any atom is -0.368 e. The predicted molar refractivity (Wildman–Crippen MR) is 45.2 cm³/mol. The van der Waals surface area contributed by atoms with Crippen LogP contribution in [0.3, 0.4) is 0 Å². The molecule has 0 aliphatic rings. The minimum absolute atomic E-state index is 0.130. The van der Waals surface area contributed by atoms with E-state index in [1.165, 1.54) is 0 Å². The van der Waals surface area contributed by atoms with Crippen LogP contribution >= 0.6 is 0 Å². The third kappa shape index (κ3) is 3.03. The first-order valence-electron chi connectivity index (χ1n) is 3.50. The Morgan fingerprint density at radius 3 is 2.67 bits per heavy atom. The van der Waals surface area contributed by atoms with Crippen LogP contribution in [0.15, 0.2) is 30.3 Å². The van der Waals surface area contributed by atoms with Crippen molar-refractivity contribution in [3.05, 3.63) is 30.3 Å². The van der Waals surface area contributed by atoms with E-state index in [2.05, 4.69) is 5.48 Å². The van der Waals surface area contributed by atoms with Gasteiger partial charge in [0.15, 0.2) is 6.61 Å². The Balaban J connectivity index is 2.29. The number of rotatable bonds is 4. The summed E-state index contributed by atoms with van der Waals surface area (Å²) in [6.45, 7) is -0.130. The lowest BCUT2D eigenvalue weighted by molar-refractivity contribution is -0.121. The molecule has 0 saturated carbocycles. The van der Waals surface area contributed by atoms with Gasteiger partial charge in [0, 0.05) is 0 Å². The second-order valence-corrected chi connectivity index (χ2v) is 2.22. The van der Waals surface area contributed by atoms with Crippen LogP contribution < -0.4 is 11.2 Å². The molecular formula is C8H10N2O2. The van der Waals surface area contributed by atoms with Crippen LogP contribution in [0.2, 0.25) is 0 Å². The molecule has 0 radical (unpaired) electrons. The van der Waals surface area contributed by atoms with Crippen molar-refractivity contribution >= 4 is 11.6 Å². The Morgan fingerprint density at radius 1 is 1.42 bits per heavy atom. The molecule has 0 aliphatic heterocycles. The summed E-state index contributed by atoms with van der Waals surface area (Å²) in [5.41, 5.74) is 8.22. The van der Waals surface area contributed by atoms with E-state index in [-0.39, 0.29) is 6.61 Å². The standard InChI is InChI=1S/C8H10N2O2/c9-8(11)6-12-10-7-4-2-1-3-5-7/h1-5,10H,6H2,(H2,9,11). The van der Waals surface area contributed by atoms with Crippen molar-refractivity contribution in [2.24, 2.45) is 5.73 Å². The molecule has 12 heavy (non-hydrogen) atoms. The van der Waals surface area contributed by atoms with Gasteiger partial charge in [-0.3, -0.25) is 15.1 Å². The van der Waals surface area contributed by atoms with Crippen LogP contribution in [0, 0.1) is 0 Å². The summed E-state index contributed by atoms with van der Waals surface area (Å²) in [4.78, 5) is 15.0. The van der Waals surface area contributed by atoms with E-state index in [9.17, 15) is 4.79 Å². The van der Waals surface area contributed by atoms with Crippen LogP contribution in [0.25, 0.3) is 0 Å². The maximum atomic E-state index is 10.2. The van der Waals surface area contributed by atoms with E-state index in [0.717, 1.165) is 5.69 Å². The van der Waals surface area contributed by atoms with Gasteiger partial charge in [0.1, 0.15) is 0 Å². The van der Waals surface area contributed by atoms with Gasteiger partial charge in [0.25, 0.3) is 0 Å². The molecule has 1 rings (SSSR count). The number of benzene rings is 1. The van der Waals surface area contributed by atoms with Crippen LogP contribution in [0.5, 0.6) is 0 Å². The summed E-state index contributed by atoms with van der Waals surface area (Å²) in [6, 6.07) is 9.24. The third-order valence-corrected chi connectivity index (χ3v) is 1.18. The molecule has 1 aromatic carbocycles. The number of hydrogen-bond donors (Lipinski definition) is 2. The van der Waals surface area contributed by atoms with Gasteiger partial charge in [0.2, 0.25) is 5.91 Å². The third-order valence-electron chi connectivity index (χ3n) is 1.18. The van der Waals surface area contributed by atoms with Gasteiger partial charge >= 0.3 is 0 Å². The van der Waals surface area contributed by atoms with E-state index in [1.54, 1.807) is 0 Å². The van der Waals surface area contributed by atoms with Crippen molar-refractivity contribution in [1.82, 2.24) is 0 Å². The first kappa shape index (κ1) is 8.55. The Hall–Kier alpha value is -1.55. The average Bonchev–Trinajstić information content (AvgIpc) is 2.05. The molecule has 0 unspecified atom stereocenters. The largest absolute Gasteiger partial charge is 0.368 e. The number of anilines is 1. The highest BCUT2D eigenvalue weighted by atomic mass is 16.6. The molecule has 4 nitrogen and oxygen atoms in total. The highest BCUT2D eigenvalue weighted by Gasteiger charge is 1.93. The van der Waals surface area contributed by atoms with Gasteiger partial charge < -0.3 is 5.73 Å². The summed E-state index contributed by atoms with van der Waals surface area (Å²) in [7, 11) is 0. The molecule has 0 heterocycles. The molecular weight excluding hydrogens is 156 g/mol. The van der Waals surface area contributed by atoms with Crippen LogP contribution in [0.1, 0.15) is 0 Å². The molecule has 4 heteroatoms. The van der Waals surface area contributed by atoms with Gasteiger partial charge in [-0.2, -0.15) is 0 Å². The van der Waals surface area contributed by atoms with Crippen molar-refractivity contribution in [3.8, 4) is 0 Å². The summed E-state index contributed by atoms with van der Waals surface area (Å²) >= 11 is 0. The number of carbonyl (C=O) groups is 1. The molecule has 1 amide bonds. The predicted octanol–water partition coefficient (Wildman–Crippen LogP) is 0.515. The Bertz CT molecular complexity index is 248. The number of hydrogen-bond acceptors (Lipinski definition) is 3. The average molecular weight is 166 g/mol. The van der Waals surface area contributed by atoms with Gasteiger partial charge in [-0.25, -0.2) is 0 Å². The summed E-state index contributed by atoms with van der Waals surface area (Å²) in [6.07, 6.45) is 0. The molecule has 0 aliphatic carbocycles. The number of nitrogens with two attached hydrogens (primary N) is 1. The summed E-state index contributed by atoms with van der Waals surface area (Å²) in [5.74, 6) is -0.501. The lowest BCUT2D eigenvalue weighted by atomic mass is 10.3. The van der Waals surface area contributed by atoms with Gasteiger partial charge in [-0.15, -0.1) is 0 Å². The van der Waals surface area contributed by atoms with Gasteiger partial charge in [0.05, 0.1) is 5.69 Å². The minimum atomic E-state index is -0.501. The van der Waals surface area contributed by atoms with E-state index in [1.807, 2.05) is 30.3 Å². The maximum Gasteiger partial charge on any atom is 0.246 e. The molecule has 0 aromatic heterocycles. The number of para-hydroxylation sites is 1. The normalized spacial score (nSPS) is 9.33. The smallest absolute Gasteiger partial charge is 0.246 e. The zero-order chi connectivity index (χ0) is 8.81. The maximum absolute atomic E-state index is 10.2. The van der Waals surface area contributed by atoms with Crippen molar-refractivity contribution in [3.63, 3.8) is 0 Å². The van der Waals surface area contributed by atoms with Gasteiger partial charge in [-0.1, -0.05) is 18.2 Å². The Labute approximate surface area is 70.3 Å². The fraction of sp³-hybridized carbons (Fsp3) is 0.125. The quantitative estimate of drug-likeness (QED) is 0.641. The molecule has 1 aromatic rings. The zero-order valence-electron chi connectivity index (χ0n) is 6.49. The zero-order valence-corrected chi connectivity index (χ0v) is 6.49. The van der Waals surface area contributed by atoms with Crippen LogP contribution in [-0.4, -0.2) is 12.5 Å². The number of nitrogens with one attached hydrogen (secondary N) is 1. The summed E-state index contributed by atoms with van der Waals surface area (Å²) in [5, 5.41) is 0. The highest BCUT2D eigenvalue weighted by molar-refractivity contribution is 5.75. The lowest BCUT2D eigenvalue weighted by Crippen LogP contribution is -2.20. The Kier molecular flexibility index (Phi) is 3.10. The number of carbonyl (C=O) groups excluding carboxylic acids is 1. The van der Waals surface area contributed by atoms with Crippen molar-refractivity contribution in [2.75, 3.05) is 12.1 Å². The van der Waals surface area contributed by atoms with E-state index >= 15 is 0 Å². The van der Waals surface area contributed by atoms with E-state index in [4.69, 9.17) is 10.6 Å². The molecule has 3 N–H and O–H groups in total. The van der Waals surface area contributed by atoms with Crippen LogP contribution in [-0.2, 0) is 9.63 Å². The highest BCUT2D eigenvalue weighted by Crippen LogP contribution is 2.03. The molecule has 0 saturated heterocycles. The fourth-order valence-corrected chi connectivity index (χ4v) is 0.697. The monoisotopic (exact) mass is 166 g/mol. The molecule has 0 spiro atoms. The number of amides is 1. The van der Waals surface area contributed by atoms with E-state index < -0.39 is 5.91 Å². The molecule has 0 bridgehead atoms. The second-order valence-electron chi connectivity index (χ2n) is 2.22. The Morgan fingerprint density at radius 2 is 2.08 bits per heavy atom. The second kappa shape index (κ2) is 4.35. The van der Waals surface area contributed by atoms with Gasteiger partial charge in [-0.05, 0) is 12.1 Å². The van der Waals surface area contributed by atoms with Crippen molar-refractivity contribution in [2.45, 2.75) is 0 Å². The fourth-order valence-electron chi connectivity index (χ4n) is 0.697. The SMILES string of the molecule is NC(=O)CONc1ccccc1. The molecule has 64 valence electrons. The molecule has 0 fully saturated rings. The van der Waals surface area contributed by atoms with Crippen molar-refractivity contribution in [1.29, 1.82) is 0 Å². The number of primary amides is 1. The summed E-state index contributed by atoms with van der Waals surface area (Å²) < 4.78 is 0. The topological polar surface area (TPSA) is 64.4 Å². The van der Waals surface area contributed by atoms with Crippen LogP contribution in [0.4, 0.5) is 5.69 Å². The first-order chi connectivity index (χ1) is 5.79. The lowest BCUT2D eigenvalue weighted by Gasteiger charge is -2.03. The molecule has 0 atom stereocenters.